The highest BCUT2D eigenvalue weighted by Crippen LogP contribution is 2.40. The molecule has 0 aromatic heterocycles. The topological polar surface area (TPSA) is 95.9 Å². The Bertz CT molecular complexity index is 1250. The Labute approximate surface area is 194 Å². The molecular weight excluding hydrogens is 440 g/mol. The summed E-state index contributed by atoms with van der Waals surface area (Å²) in [6.07, 6.45) is 1.84. The minimum absolute atomic E-state index is 0.156. The van der Waals surface area contributed by atoms with Gasteiger partial charge in [-0.15, -0.1) is 0 Å². The summed E-state index contributed by atoms with van der Waals surface area (Å²) in [6, 6.07) is 21.4. The van der Waals surface area contributed by atoms with Crippen LogP contribution in [0.3, 0.4) is 0 Å². The molecule has 33 heavy (non-hydrogen) atoms. The molecule has 0 radical (unpaired) electrons. The molecule has 8 heteroatoms. The monoisotopic (exact) mass is 466 g/mol. The van der Waals surface area contributed by atoms with Gasteiger partial charge in [0, 0.05) is 12.7 Å². The van der Waals surface area contributed by atoms with Crippen LogP contribution in [0.1, 0.15) is 27.0 Å². The van der Waals surface area contributed by atoms with Gasteiger partial charge < -0.3 is 5.11 Å². The van der Waals surface area contributed by atoms with Crippen LogP contribution in [0.5, 0.6) is 0 Å². The number of aliphatic hydroxyl groups excluding tert-OH is 1. The third-order valence-electron chi connectivity index (χ3n) is 5.17. The fourth-order valence-corrected chi connectivity index (χ4v) is 5.10. The predicted octanol–water partition coefficient (Wildman–Crippen LogP) is 3.54. The zero-order valence-electron chi connectivity index (χ0n) is 18.6. The maximum Gasteiger partial charge on any atom is 0.275 e. The first-order valence-corrected chi connectivity index (χ1v) is 11.6. The first-order valence-electron chi connectivity index (χ1n) is 10.2. The van der Waals surface area contributed by atoms with E-state index in [0.29, 0.717) is 16.8 Å². The highest BCUT2D eigenvalue weighted by atomic mass is 32.2. The summed E-state index contributed by atoms with van der Waals surface area (Å²) in [7, 11) is -1.47. The van der Waals surface area contributed by atoms with E-state index in [2.05, 4.69) is 5.48 Å². The average molecular weight is 467 g/mol. The van der Waals surface area contributed by atoms with Gasteiger partial charge in [0.05, 0.1) is 29.8 Å². The number of carbonyl (C=O) groups excluding carboxylic acids is 1. The normalized spacial score (nSPS) is 12.7. The number of aliphatic hydroxyl groups is 1. The Balaban J connectivity index is 0.00000149. The summed E-state index contributed by atoms with van der Waals surface area (Å²) in [4.78, 5) is 17.7. The molecule has 172 valence electrons. The molecule has 1 heterocycles. The summed E-state index contributed by atoms with van der Waals surface area (Å²) >= 11 is 0. The summed E-state index contributed by atoms with van der Waals surface area (Å²) < 4.78 is 28.3. The maximum absolute atomic E-state index is 13.5. The number of anilines is 1. The van der Waals surface area contributed by atoms with Gasteiger partial charge in [-0.25, -0.2) is 13.9 Å². The zero-order valence-corrected chi connectivity index (χ0v) is 19.5. The van der Waals surface area contributed by atoms with Crippen LogP contribution in [0.2, 0.25) is 0 Å². The van der Waals surface area contributed by atoms with Crippen molar-refractivity contribution in [1.82, 2.24) is 5.48 Å². The largest absolute Gasteiger partial charge is 0.400 e. The minimum Gasteiger partial charge on any atom is -0.400 e. The lowest BCUT2D eigenvalue weighted by Crippen LogP contribution is -2.35. The molecule has 0 aliphatic carbocycles. The van der Waals surface area contributed by atoms with Crippen LogP contribution in [0.4, 0.5) is 5.69 Å². The molecule has 0 spiro atoms. The second-order valence-electron chi connectivity index (χ2n) is 7.17. The van der Waals surface area contributed by atoms with E-state index in [0.717, 1.165) is 23.8 Å². The number of carbonyl (C=O) groups is 1. The average Bonchev–Trinajstić information content (AvgIpc) is 2.85. The summed E-state index contributed by atoms with van der Waals surface area (Å²) in [6.45, 7) is 2.06. The molecule has 1 amide bonds. The van der Waals surface area contributed by atoms with Crippen molar-refractivity contribution < 1.29 is 23.2 Å². The minimum atomic E-state index is -3.83. The van der Waals surface area contributed by atoms with Crippen LogP contribution in [0.25, 0.3) is 5.57 Å². The Morgan fingerprint density at radius 3 is 2.27 bits per heavy atom. The van der Waals surface area contributed by atoms with Crippen molar-refractivity contribution in [2.45, 2.75) is 11.8 Å². The SMILES string of the molecule is CO.CONC(=O)c1cccc2c1C(c1ccccc1)=CCN2S(=O)(=O)c1ccc(C)cc1. The molecule has 7 nitrogen and oxygen atoms in total. The van der Waals surface area contributed by atoms with Crippen molar-refractivity contribution in [2.75, 3.05) is 25.1 Å². The molecule has 0 fully saturated rings. The smallest absolute Gasteiger partial charge is 0.275 e. The van der Waals surface area contributed by atoms with Crippen LogP contribution < -0.4 is 9.79 Å². The Morgan fingerprint density at radius 2 is 1.64 bits per heavy atom. The van der Waals surface area contributed by atoms with E-state index in [4.69, 9.17) is 9.94 Å². The van der Waals surface area contributed by atoms with Crippen LogP contribution in [-0.4, -0.2) is 40.2 Å². The summed E-state index contributed by atoms with van der Waals surface area (Å²) in [5, 5.41) is 7.00. The van der Waals surface area contributed by atoms with Gasteiger partial charge in [0.25, 0.3) is 15.9 Å². The van der Waals surface area contributed by atoms with Crippen LogP contribution in [0.15, 0.2) is 83.8 Å². The molecule has 1 aliphatic rings. The van der Waals surface area contributed by atoms with Crippen molar-refractivity contribution >= 4 is 27.2 Å². The van der Waals surface area contributed by atoms with E-state index in [1.807, 2.05) is 43.3 Å². The van der Waals surface area contributed by atoms with Crippen molar-refractivity contribution in [3.05, 3.63) is 101 Å². The number of rotatable bonds is 5. The highest BCUT2D eigenvalue weighted by molar-refractivity contribution is 7.92. The third-order valence-corrected chi connectivity index (χ3v) is 6.97. The van der Waals surface area contributed by atoms with Gasteiger partial charge in [-0.3, -0.25) is 13.9 Å². The van der Waals surface area contributed by atoms with Gasteiger partial charge in [0.15, 0.2) is 0 Å². The number of hydrogen-bond donors (Lipinski definition) is 2. The summed E-state index contributed by atoms with van der Waals surface area (Å²) in [5.74, 6) is -0.448. The molecule has 0 saturated carbocycles. The molecule has 0 bridgehead atoms. The fourth-order valence-electron chi connectivity index (χ4n) is 3.69. The molecular formula is C25H26N2O5S. The summed E-state index contributed by atoms with van der Waals surface area (Å²) in [5.41, 5.74) is 6.34. The number of aryl methyl sites for hydroxylation is 1. The fraction of sp³-hybridized carbons (Fsp3) is 0.160. The van der Waals surface area contributed by atoms with Crippen LogP contribution in [0, 0.1) is 6.92 Å². The number of sulfonamides is 1. The zero-order chi connectivity index (χ0) is 24.0. The number of nitrogens with one attached hydrogen (secondary N) is 1. The van der Waals surface area contributed by atoms with Gasteiger partial charge in [-0.2, -0.15) is 0 Å². The Kier molecular flexibility index (Phi) is 7.65. The van der Waals surface area contributed by atoms with Crippen molar-refractivity contribution in [3.63, 3.8) is 0 Å². The number of hydrogen-bond acceptors (Lipinski definition) is 5. The van der Waals surface area contributed by atoms with Gasteiger partial charge in [-0.1, -0.05) is 60.2 Å². The molecule has 1 aliphatic heterocycles. The van der Waals surface area contributed by atoms with Gasteiger partial charge >= 0.3 is 0 Å². The van der Waals surface area contributed by atoms with Crippen molar-refractivity contribution in [1.29, 1.82) is 0 Å². The molecule has 4 rings (SSSR count). The van der Waals surface area contributed by atoms with Crippen LogP contribution >= 0.6 is 0 Å². The lowest BCUT2D eigenvalue weighted by molar-refractivity contribution is 0.0537. The number of nitrogens with zero attached hydrogens (tertiary/aromatic N) is 1. The number of amides is 1. The van der Waals surface area contributed by atoms with Crippen molar-refractivity contribution in [2.24, 2.45) is 0 Å². The lowest BCUT2D eigenvalue weighted by atomic mass is 9.90. The molecule has 3 aromatic carbocycles. The third kappa shape index (κ3) is 4.83. The van der Waals surface area contributed by atoms with E-state index < -0.39 is 15.9 Å². The Hall–Kier alpha value is -3.46. The van der Waals surface area contributed by atoms with E-state index >= 15 is 0 Å². The highest BCUT2D eigenvalue weighted by Gasteiger charge is 2.32. The van der Waals surface area contributed by atoms with Crippen molar-refractivity contribution in [3.8, 4) is 0 Å². The van der Waals surface area contributed by atoms with Gasteiger partial charge in [-0.05, 0) is 42.3 Å². The van der Waals surface area contributed by atoms with E-state index in [1.165, 1.54) is 11.4 Å². The lowest BCUT2D eigenvalue weighted by Gasteiger charge is -2.31. The second kappa shape index (κ2) is 10.4. The van der Waals surface area contributed by atoms with Crippen LogP contribution in [-0.2, 0) is 14.9 Å². The van der Waals surface area contributed by atoms with E-state index in [-0.39, 0.29) is 11.4 Å². The number of hydroxylamine groups is 1. The Morgan fingerprint density at radius 1 is 0.970 bits per heavy atom. The molecule has 0 unspecified atom stereocenters. The maximum atomic E-state index is 13.5. The molecule has 3 aromatic rings. The number of fused-ring (bicyclic) bond motifs is 1. The van der Waals surface area contributed by atoms with E-state index in [1.54, 1.807) is 42.5 Å². The first kappa shape index (κ1) is 24.2. The van der Waals surface area contributed by atoms with E-state index in [9.17, 15) is 13.2 Å². The quantitative estimate of drug-likeness (QED) is 0.561. The second-order valence-corrected chi connectivity index (χ2v) is 9.03. The van der Waals surface area contributed by atoms with Gasteiger partial charge in [0.1, 0.15) is 0 Å². The number of benzene rings is 3. The molecule has 0 saturated heterocycles. The predicted molar refractivity (Wildman–Crippen MR) is 128 cm³/mol. The standard InChI is InChI=1S/C24H22N2O4S.CH4O/c1-17-11-13-19(14-12-17)31(28,29)26-16-15-20(18-7-4-3-5-8-18)23-21(24(27)25-30-2)9-6-10-22(23)26;1-2/h3-15H,16H2,1-2H3,(H,25,27);2H,1H3. The molecule has 2 N–H and O–H groups in total. The first-order chi connectivity index (χ1) is 15.9. The van der Waals surface area contributed by atoms with Gasteiger partial charge in [0.2, 0.25) is 0 Å². The molecule has 0 atom stereocenters.